The Labute approximate surface area is 158 Å². The van der Waals surface area contributed by atoms with Gasteiger partial charge in [-0.15, -0.1) is 0 Å². The number of carbonyl (C=O) groups excluding carboxylic acids is 2. The summed E-state index contributed by atoms with van der Waals surface area (Å²) in [5.41, 5.74) is 6.01. The van der Waals surface area contributed by atoms with Crippen molar-refractivity contribution in [3.05, 3.63) is 53.9 Å². The number of ether oxygens (including phenoxy) is 2. The molecule has 0 fully saturated rings. The number of amides is 3. The molecule has 2 rings (SSSR count). The number of urea groups is 1. The fraction of sp³-hybridized carbons (Fsp3) is 0.316. The molecule has 0 bridgehead atoms. The Balaban J connectivity index is 1.81. The molecule has 8 nitrogen and oxygen atoms in total. The van der Waals surface area contributed by atoms with Gasteiger partial charge in [-0.25, -0.2) is 10.2 Å². The lowest BCUT2D eigenvalue weighted by Crippen LogP contribution is -2.47. The predicted molar refractivity (Wildman–Crippen MR) is 101 cm³/mol. The molecule has 8 heteroatoms. The summed E-state index contributed by atoms with van der Waals surface area (Å²) in [7, 11) is 1.50. The molecular formula is C19H24N4O4. The third-order valence-electron chi connectivity index (χ3n) is 3.50. The molecular weight excluding hydrogens is 348 g/mol. The Morgan fingerprint density at radius 3 is 2.63 bits per heavy atom. The Hall–Kier alpha value is -3.29. The highest BCUT2D eigenvalue weighted by molar-refractivity contribution is 5.95. The van der Waals surface area contributed by atoms with Gasteiger partial charge in [0.05, 0.1) is 13.2 Å². The number of carbonyl (C=O) groups is 2. The van der Waals surface area contributed by atoms with Crippen LogP contribution in [0.1, 0.15) is 29.8 Å². The highest BCUT2D eigenvalue weighted by atomic mass is 16.5. The minimum absolute atomic E-state index is 0.0180. The normalized spacial score (nSPS) is 10.2. The molecule has 3 amide bonds. The molecule has 0 aliphatic heterocycles. The first-order valence-electron chi connectivity index (χ1n) is 8.57. The standard InChI is InChI=1S/C19H24N4O4/c1-13(2)27-16-7-6-15(11-17(16)26-3)18(24)22-23-19(25)21-10-8-14-5-4-9-20-12-14/h4-7,9,11-13H,8,10H2,1-3H3,(H,22,24)(H2,21,23,25). The van der Waals surface area contributed by atoms with E-state index in [1.807, 2.05) is 26.0 Å². The summed E-state index contributed by atoms with van der Waals surface area (Å²) in [4.78, 5) is 28.0. The van der Waals surface area contributed by atoms with E-state index in [-0.39, 0.29) is 6.10 Å². The first kappa shape index (κ1) is 20.0. The topological polar surface area (TPSA) is 102 Å². The van der Waals surface area contributed by atoms with E-state index in [1.54, 1.807) is 30.6 Å². The predicted octanol–water partition coefficient (Wildman–Crippen LogP) is 2.06. The van der Waals surface area contributed by atoms with Crippen LogP contribution in [-0.4, -0.2) is 36.7 Å². The first-order valence-corrected chi connectivity index (χ1v) is 8.57. The highest BCUT2D eigenvalue weighted by Crippen LogP contribution is 2.28. The zero-order valence-corrected chi connectivity index (χ0v) is 15.6. The number of methoxy groups -OCH3 is 1. The average Bonchev–Trinajstić information content (AvgIpc) is 2.66. The molecule has 0 spiro atoms. The van der Waals surface area contributed by atoms with Crippen molar-refractivity contribution in [3.8, 4) is 11.5 Å². The van der Waals surface area contributed by atoms with Crippen molar-refractivity contribution >= 4 is 11.9 Å². The second kappa shape index (κ2) is 10.0. The van der Waals surface area contributed by atoms with Crippen molar-refractivity contribution in [2.75, 3.05) is 13.7 Å². The van der Waals surface area contributed by atoms with Crippen LogP contribution in [0.2, 0.25) is 0 Å². The Kier molecular flexibility index (Phi) is 7.42. The van der Waals surface area contributed by atoms with Gasteiger partial charge in [-0.1, -0.05) is 6.07 Å². The summed E-state index contributed by atoms with van der Waals surface area (Å²) in [5, 5.41) is 2.65. The van der Waals surface area contributed by atoms with Gasteiger partial charge in [-0.3, -0.25) is 15.2 Å². The lowest BCUT2D eigenvalue weighted by atomic mass is 10.2. The van der Waals surface area contributed by atoms with Crippen LogP contribution in [0.15, 0.2) is 42.7 Å². The summed E-state index contributed by atoms with van der Waals surface area (Å²) in [6.45, 7) is 4.22. The van der Waals surface area contributed by atoms with Crippen molar-refractivity contribution < 1.29 is 19.1 Å². The Morgan fingerprint density at radius 1 is 1.15 bits per heavy atom. The number of hydrazine groups is 1. The lowest BCUT2D eigenvalue weighted by molar-refractivity contribution is 0.0936. The van der Waals surface area contributed by atoms with Gasteiger partial charge in [0, 0.05) is 24.5 Å². The number of benzene rings is 1. The van der Waals surface area contributed by atoms with Crippen LogP contribution in [0.4, 0.5) is 4.79 Å². The zero-order chi connectivity index (χ0) is 19.6. The zero-order valence-electron chi connectivity index (χ0n) is 15.6. The molecule has 0 aliphatic carbocycles. The van der Waals surface area contributed by atoms with Crippen LogP contribution in [0, 0.1) is 0 Å². The fourth-order valence-corrected chi connectivity index (χ4v) is 2.26. The van der Waals surface area contributed by atoms with Gasteiger partial charge in [0.25, 0.3) is 5.91 Å². The molecule has 1 aromatic carbocycles. The maximum absolute atomic E-state index is 12.2. The van der Waals surface area contributed by atoms with Gasteiger partial charge in [0.2, 0.25) is 0 Å². The number of nitrogens with one attached hydrogen (secondary N) is 3. The average molecular weight is 372 g/mol. The van der Waals surface area contributed by atoms with E-state index in [9.17, 15) is 9.59 Å². The van der Waals surface area contributed by atoms with E-state index in [0.717, 1.165) is 5.56 Å². The van der Waals surface area contributed by atoms with Gasteiger partial charge < -0.3 is 14.8 Å². The van der Waals surface area contributed by atoms with Crippen LogP contribution >= 0.6 is 0 Å². The van der Waals surface area contributed by atoms with E-state index in [2.05, 4.69) is 21.2 Å². The summed E-state index contributed by atoms with van der Waals surface area (Å²) >= 11 is 0. The quantitative estimate of drug-likeness (QED) is 0.646. The van der Waals surface area contributed by atoms with Crippen molar-refractivity contribution in [2.24, 2.45) is 0 Å². The molecule has 0 unspecified atom stereocenters. The molecule has 0 saturated heterocycles. The van der Waals surface area contributed by atoms with Crippen LogP contribution in [0.25, 0.3) is 0 Å². The smallest absolute Gasteiger partial charge is 0.333 e. The van der Waals surface area contributed by atoms with E-state index < -0.39 is 11.9 Å². The van der Waals surface area contributed by atoms with Gasteiger partial charge >= 0.3 is 6.03 Å². The largest absolute Gasteiger partial charge is 0.493 e. The molecule has 2 aromatic rings. The maximum Gasteiger partial charge on any atom is 0.333 e. The van der Waals surface area contributed by atoms with Gasteiger partial charge in [-0.05, 0) is 50.1 Å². The van der Waals surface area contributed by atoms with E-state index in [0.29, 0.717) is 30.0 Å². The number of hydrogen-bond acceptors (Lipinski definition) is 5. The van der Waals surface area contributed by atoms with Crippen LogP contribution < -0.4 is 25.6 Å². The Bertz CT molecular complexity index is 766. The summed E-state index contributed by atoms with van der Waals surface area (Å²) in [6.07, 6.45) is 4.05. The molecule has 0 saturated carbocycles. The van der Waals surface area contributed by atoms with Crippen molar-refractivity contribution in [1.29, 1.82) is 0 Å². The SMILES string of the molecule is COc1cc(C(=O)NNC(=O)NCCc2cccnc2)ccc1OC(C)C. The molecule has 27 heavy (non-hydrogen) atoms. The van der Waals surface area contributed by atoms with E-state index in [4.69, 9.17) is 9.47 Å². The monoisotopic (exact) mass is 372 g/mol. The number of hydrogen-bond donors (Lipinski definition) is 3. The minimum Gasteiger partial charge on any atom is -0.493 e. The van der Waals surface area contributed by atoms with E-state index in [1.165, 1.54) is 7.11 Å². The molecule has 0 aliphatic rings. The summed E-state index contributed by atoms with van der Waals surface area (Å²) in [5.74, 6) is 0.522. The molecule has 1 heterocycles. The van der Waals surface area contributed by atoms with Gasteiger partial charge in [-0.2, -0.15) is 0 Å². The molecule has 144 valence electrons. The number of pyridine rings is 1. The molecule has 0 radical (unpaired) electrons. The number of aromatic nitrogens is 1. The van der Waals surface area contributed by atoms with Gasteiger partial charge in [0.15, 0.2) is 11.5 Å². The Morgan fingerprint density at radius 2 is 1.96 bits per heavy atom. The second-order valence-corrected chi connectivity index (χ2v) is 5.98. The molecule has 0 atom stereocenters. The minimum atomic E-state index is -0.501. The lowest BCUT2D eigenvalue weighted by Gasteiger charge is -2.14. The number of rotatable bonds is 7. The number of nitrogens with zero attached hydrogens (tertiary/aromatic N) is 1. The highest BCUT2D eigenvalue weighted by Gasteiger charge is 2.12. The molecule has 3 N–H and O–H groups in total. The van der Waals surface area contributed by atoms with E-state index >= 15 is 0 Å². The second-order valence-electron chi connectivity index (χ2n) is 5.98. The first-order chi connectivity index (χ1) is 13.0. The van der Waals surface area contributed by atoms with Crippen LogP contribution in [-0.2, 0) is 6.42 Å². The molecule has 1 aromatic heterocycles. The van der Waals surface area contributed by atoms with Crippen LogP contribution in [0.5, 0.6) is 11.5 Å². The fourth-order valence-electron chi connectivity index (χ4n) is 2.26. The van der Waals surface area contributed by atoms with Crippen LogP contribution in [0.3, 0.4) is 0 Å². The third kappa shape index (κ3) is 6.50. The van der Waals surface area contributed by atoms with Crippen molar-refractivity contribution in [2.45, 2.75) is 26.4 Å². The van der Waals surface area contributed by atoms with Crippen molar-refractivity contribution in [1.82, 2.24) is 21.2 Å². The van der Waals surface area contributed by atoms with Crippen molar-refractivity contribution in [3.63, 3.8) is 0 Å². The summed E-state index contributed by atoms with van der Waals surface area (Å²) in [6, 6.07) is 8.06. The summed E-state index contributed by atoms with van der Waals surface area (Å²) < 4.78 is 10.9. The van der Waals surface area contributed by atoms with Gasteiger partial charge in [0.1, 0.15) is 0 Å². The third-order valence-corrected chi connectivity index (χ3v) is 3.50. The maximum atomic E-state index is 12.2.